The lowest BCUT2D eigenvalue weighted by Gasteiger charge is -2.21. The van der Waals surface area contributed by atoms with Gasteiger partial charge in [0.05, 0.1) is 26.4 Å². The summed E-state index contributed by atoms with van der Waals surface area (Å²) in [5, 5.41) is 10.7. The maximum Gasteiger partial charge on any atom is 0.472 e. The Balaban J connectivity index is 5.21. The average Bonchev–Trinajstić information content (AvgIpc) is 0.901. The summed E-state index contributed by atoms with van der Waals surface area (Å²) in [6, 6.07) is 0. The van der Waals surface area contributed by atoms with E-state index in [4.69, 9.17) is 37.0 Å². The van der Waals surface area contributed by atoms with Gasteiger partial charge in [0, 0.05) is 25.7 Å². The second kappa shape index (κ2) is 83.1. The number of hydrogen-bond donors (Lipinski definition) is 3. The molecule has 660 valence electrons. The van der Waals surface area contributed by atoms with Crippen molar-refractivity contribution in [1.82, 2.24) is 0 Å². The number of phosphoric ester groups is 2. The van der Waals surface area contributed by atoms with Crippen LogP contribution in [0.25, 0.3) is 0 Å². The van der Waals surface area contributed by atoms with Crippen molar-refractivity contribution in [2.45, 2.75) is 516 Å². The summed E-state index contributed by atoms with van der Waals surface area (Å²) in [6.45, 7) is 9.72. The summed E-state index contributed by atoms with van der Waals surface area (Å²) in [4.78, 5) is 73.4. The fourth-order valence-electron chi connectivity index (χ4n) is 14.4. The number of aliphatic hydroxyl groups is 1. The van der Waals surface area contributed by atoms with Crippen LogP contribution in [0, 0.1) is 11.8 Å². The van der Waals surface area contributed by atoms with E-state index in [1.165, 1.54) is 308 Å². The molecule has 0 aromatic heterocycles. The Morgan fingerprint density at radius 3 is 0.685 bits per heavy atom. The van der Waals surface area contributed by atoms with E-state index in [0.29, 0.717) is 31.6 Å². The van der Waals surface area contributed by atoms with Gasteiger partial charge in [-0.15, -0.1) is 0 Å². The van der Waals surface area contributed by atoms with E-state index in [9.17, 15) is 43.2 Å². The number of phosphoric acid groups is 2. The predicted octanol–water partition coefficient (Wildman–Crippen LogP) is 28.6. The number of esters is 4. The molecule has 0 aliphatic rings. The van der Waals surface area contributed by atoms with Crippen LogP contribution in [0.4, 0.5) is 0 Å². The average molecular weight is 1620 g/mol. The minimum Gasteiger partial charge on any atom is -0.462 e. The first-order valence-corrected chi connectivity index (χ1v) is 50.5. The molecule has 3 unspecified atom stereocenters. The quantitative estimate of drug-likeness (QED) is 0.0222. The van der Waals surface area contributed by atoms with Gasteiger partial charge in [0.25, 0.3) is 0 Å². The summed E-state index contributed by atoms with van der Waals surface area (Å²) < 4.78 is 69.1. The van der Waals surface area contributed by atoms with Gasteiger partial charge < -0.3 is 33.8 Å². The van der Waals surface area contributed by atoms with Gasteiger partial charge in [-0.25, -0.2) is 9.13 Å². The molecule has 3 N–H and O–H groups in total. The molecule has 0 aliphatic heterocycles. The lowest BCUT2D eigenvalue weighted by Crippen LogP contribution is -2.30. The lowest BCUT2D eigenvalue weighted by atomic mass is 9.99. The Bertz CT molecular complexity index is 2120. The second-order valence-electron chi connectivity index (χ2n) is 33.8. The van der Waals surface area contributed by atoms with Gasteiger partial charge in [-0.2, -0.15) is 0 Å². The van der Waals surface area contributed by atoms with E-state index in [0.717, 1.165) is 102 Å². The number of carbonyl (C=O) groups excluding carboxylic acids is 4. The smallest absolute Gasteiger partial charge is 0.462 e. The molecule has 0 aromatic carbocycles. The van der Waals surface area contributed by atoms with Crippen molar-refractivity contribution in [1.29, 1.82) is 0 Å². The van der Waals surface area contributed by atoms with E-state index in [1.807, 2.05) is 0 Å². The van der Waals surface area contributed by atoms with Crippen LogP contribution < -0.4 is 0 Å². The minimum atomic E-state index is -4.97. The molecule has 6 atom stereocenters. The highest BCUT2D eigenvalue weighted by Crippen LogP contribution is 2.45. The number of hydrogen-bond acceptors (Lipinski definition) is 15. The molecule has 0 aromatic rings. The van der Waals surface area contributed by atoms with Crippen LogP contribution in [0.2, 0.25) is 0 Å². The van der Waals surface area contributed by atoms with Crippen molar-refractivity contribution in [3.8, 4) is 0 Å². The predicted molar refractivity (Wildman–Crippen MR) is 460 cm³/mol. The molecule has 0 aliphatic carbocycles. The highest BCUT2D eigenvalue weighted by Gasteiger charge is 2.31. The zero-order valence-electron chi connectivity index (χ0n) is 73.3. The van der Waals surface area contributed by atoms with Gasteiger partial charge in [-0.05, 0) is 37.5 Å². The molecule has 0 radical (unpaired) electrons. The number of rotatable bonds is 91. The van der Waals surface area contributed by atoms with Crippen LogP contribution >= 0.6 is 15.6 Å². The third-order valence-corrected chi connectivity index (χ3v) is 24.0. The van der Waals surface area contributed by atoms with Crippen molar-refractivity contribution < 1.29 is 80.2 Å². The maximum atomic E-state index is 13.2. The topological polar surface area (TPSA) is 237 Å². The van der Waals surface area contributed by atoms with Gasteiger partial charge in [-0.1, -0.05) is 446 Å². The van der Waals surface area contributed by atoms with E-state index in [1.54, 1.807) is 0 Å². The highest BCUT2D eigenvalue weighted by atomic mass is 31.2. The normalized spacial score (nSPS) is 14.0. The first-order valence-electron chi connectivity index (χ1n) is 47.5. The molecule has 111 heavy (non-hydrogen) atoms. The molecule has 19 heteroatoms. The second-order valence-corrected chi connectivity index (χ2v) is 36.7. The SMILES string of the molecule is CCCCCCCCCCCCCCCCCCCCCCCC(=O)OC[C@H](COP(=O)(O)OC[C@@H](O)COP(=O)(O)OC[C@@H](COC(=O)CCCCCCCCCC(C)C)OC(=O)CCCCCCCCCCCCCCCCCCCC)OC(=O)CCCCCCCCCCCCCCCCCCCCC(C)CC. The van der Waals surface area contributed by atoms with Crippen LogP contribution in [-0.4, -0.2) is 96.7 Å². The molecule has 0 spiro atoms. The van der Waals surface area contributed by atoms with Crippen molar-refractivity contribution in [3.05, 3.63) is 0 Å². The Labute approximate surface area is 683 Å². The van der Waals surface area contributed by atoms with Gasteiger partial charge in [0.15, 0.2) is 12.2 Å². The Kier molecular flexibility index (Phi) is 81.7. The Morgan fingerprint density at radius 2 is 0.459 bits per heavy atom. The zero-order valence-corrected chi connectivity index (χ0v) is 75.1. The fraction of sp³-hybridized carbons (Fsp3) is 0.957. The van der Waals surface area contributed by atoms with Crippen LogP contribution in [0.3, 0.4) is 0 Å². The fourth-order valence-corrected chi connectivity index (χ4v) is 16.0. The van der Waals surface area contributed by atoms with Crippen LogP contribution in [0.1, 0.15) is 497 Å². The summed E-state index contributed by atoms with van der Waals surface area (Å²) in [6.07, 6.45) is 78.0. The number of aliphatic hydroxyl groups excluding tert-OH is 1. The van der Waals surface area contributed by atoms with E-state index < -0.39 is 97.5 Å². The van der Waals surface area contributed by atoms with Gasteiger partial charge in [0.2, 0.25) is 0 Å². The van der Waals surface area contributed by atoms with E-state index in [2.05, 4.69) is 41.5 Å². The molecule has 17 nitrogen and oxygen atoms in total. The van der Waals surface area contributed by atoms with Crippen molar-refractivity contribution in [2.75, 3.05) is 39.6 Å². The largest absolute Gasteiger partial charge is 0.472 e. The van der Waals surface area contributed by atoms with Crippen molar-refractivity contribution >= 4 is 39.5 Å². The van der Waals surface area contributed by atoms with Crippen molar-refractivity contribution in [2.24, 2.45) is 11.8 Å². The highest BCUT2D eigenvalue weighted by molar-refractivity contribution is 7.47. The molecule has 0 rings (SSSR count). The van der Waals surface area contributed by atoms with Gasteiger partial charge >= 0.3 is 39.5 Å². The Morgan fingerprint density at radius 1 is 0.261 bits per heavy atom. The summed E-state index contributed by atoms with van der Waals surface area (Å²) in [7, 11) is -9.94. The molecule has 0 amide bonds. The monoisotopic (exact) mass is 1620 g/mol. The molecule has 0 bridgehead atoms. The summed E-state index contributed by atoms with van der Waals surface area (Å²) in [5.74, 6) is -0.521. The molecular formula is C92H180O17P2. The lowest BCUT2D eigenvalue weighted by molar-refractivity contribution is -0.161. The summed E-state index contributed by atoms with van der Waals surface area (Å²) in [5.41, 5.74) is 0. The first kappa shape index (κ1) is 109. The Hall–Kier alpha value is -1.94. The third-order valence-electron chi connectivity index (χ3n) is 22.1. The minimum absolute atomic E-state index is 0.108. The number of carbonyl (C=O) groups is 4. The molecule has 0 heterocycles. The molecule has 0 saturated heterocycles. The van der Waals surface area contributed by atoms with Crippen LogP contribution in [0.15, 0.2) is 0 Å². The van der Waals surface area contributed by atoms with E-state index >= 15 is 0 Å². The standard InChI is InChI=1S/C92H180O17P2/c1-7-10-12-14-16-18-20-22-24-26-28-29-30-35-38-42-46-50-56-62-68-74-89(94)102-80-87(108-91(96)76-70-65-58-52-48-44-40-36-32-31-33-37-41-45-49-55-61-67-73-85(6)9-3)82-106-110(98,99)104-78-86(93)79-105-111(100,101)107-83-88(81-103-90(95)75-69-63-59-53-54-60-66-72-84(4)5)109-92(97)77-71-64-57-51-47-43-39-34-27-25-23-21-19-17-15-13-11-8-2/h84-88,93H,7-83H2,1-6H3,(H,98,99)(H,100,101)/t85?,86-,87-,88-/m1/s1. The molecule has 0 fully saturated rings. The van der Waals surface area contributed by atoms with Crippen LogP contribution in [-0.2, 0) is 65.4 Å². The zero-order chi connectivity index (χ0) is 81.3. The van der Waals surface area contributed by atoms with Gasteiger partial charge in [0.1, 0.15) is 19.3 Å². The van der Waals surface area contributed by atoms with Crippen LogP contribution in [0.5, 0.6) is 0 Å². The maximum absolute atomic E-state index is 13.2. The molecular weight excluding hydrogens is 1440 g/mol. The number of unbranched alkanes of at least 4 members (excludes halogenated alkanes) is 60. The third kappa shape index (κ3) is 84.3. The molecule has 0 saturated carbocycles. The van der Waals surface area contributed by atoms with Crippen molar-refractivity contribution in [3.63, 3.8) is 0 Å². The van der Waals surface area contributed by atoms with E-state index in [-0.39, 0.29) is 25.7 Å². The number of ether oxygens (including phenoxy) is 4. The van der Waals surface area contributed by atoms with Gasteiger partial charge in [-0.3, -0.25) is 37.3 Å². The first-order chi connectivity index (χ1) is 53.9. The summed E-state index contributed by atoms with van der Waals surface area (Å²) >= 11 is 0.